The van der Waals surface area contributed by atoms with E-state index in [0.29, 0.717) is 26.1 Å². The van der Waals surface area contributed by atoms with Crippen LogP contribution in [0.4, 0.5) is 5.69 Å². The number of carbonyl (C=O) groups is 2. The molecule has 154 valence electrons. The fourth-order valence-electron chi connectivity index (χ4n) is 3.71. The first-order valence-electron chi connectivity index (χ1n) is 10.3. The third kappa shape index (κ3) is 5.91. The van der Waals surface area contributed by atoms with Crippen molar-refractivity contribution >= 4 is 17.5 Å². The molecule has 1 N–H and O–H groups in total. The van der Waals surface area contributed by atoms with Crippen molar-refractivity contribution in [3.05, 3.63) is 64.7 Å². The highest BCUT2D eigenvalue weighted by atomic mass is 16.2. The van der Waals surface area contributed by atoms with Crippen molar-refractivity contribution < 1.29 is 9.59 Å². The third-order valence-corrected chi connectivity index (χ3v) is 5.68. The summed E-state index contributed by atoms with van der Waals surface area (Å²) in [5.41, 5.74) is 5.58. The minimum Gasteiger partial charge on any atom is -0.340 e. The van der Waals surface area contributed by atoms with Gasteiger partial charge in [-0.2, -0.15) is 0 Å². The van der Waals surface area contributed by atoms with Gasteiger partial charge in [-0.3, -0.25) is 14.5 Å². The van der Waals surface area contributed by atoms with Crippen molar-refractivity contribution in [1.82, 2.24) is 9.80 Å². The first kappa shape index (κ1) is 21.1. The normalized spacial score (nSPS) is 14.7. The lowest BCUT2D eigenvalue weighted by atomic mass is 10.1. The zero-order valence-corrected chi connectivity index (χ0v) is 17.7. The van der Waals surface area contributed by atoms with E-state index >= 15 is 0 Å². The molecular formula is C24H31N3O2. The number of rotatable bonds is 6. The Balaban J connectivity index is 1.42. The minimum atomic E-state index is -0.00192. The van der Waals surface area contributed by atoms with Crippen LogP contribution < -0.4 is 5.32 Å². The monoisotopic (exact) mass is 393 g/mol. The number of piperazine rings is 1. The molecule has 1 aliphatic rings. The Kier molecular flexibility index (Phi) is 7.04. The number of amides is 2. The van der Waals surface area contributed by atoms with Crippen LogP contribution >= 0.6 is 0 Å². The van der Waals surface area contributed by atoms with Gasteiger partial charge in [-0.25, -0.2) is 0 Å². The average Bonchev–Trinajstić information content (AvgIpc) is 2.70. The van der Waals surface area contributed by atoms with Crippen LogP contribution in [0.2, 0.25) is 0 Å². The van der Waals surface area contributed by atoms with Crippen molar-refractivity contribution in [2.75, 3.05) is 38.0 Å². The van der Waals surface area contributed by atoms with Gasteiger partial charge in [0.15, 0.2) is 0 Å². The van der Waals surface area contributed by atoms with Crippen LogP contribution in [0.1, 0.15) is 28.7 Å². The zero-order chi connectivity index (χ0) is 20.8. The van der Waals surface area contributed by atoms with Gasteiger partial charge in [-0.1, -0.05) is 42.0 Å². The Labute approximate surface area is 173 Å². The van der Waals surface area contributed by atoms with Crippen LogP contribution in [0.25, 0.3) is 0 Å². The number of nitrogens with one attached hydrogen (secondary N) is 1. The summed E-state index contributed by atoms with van der Waals surface area (Å²) in [6, 6.07) is 14.3. The van der Waals surface area contributed by atoms with E-state index in [1.807, 2.05) is 43.0 Å². The molecular weight excluding hydrogens is 362 g/mol. The molecule has 5 nitrogen and oxygen atoms in total. The van der Waals surface area contributed by atoms with E-state index in [-0.39, 0.29) is 11.8 Å². The predicted molar refractivity (Wildman–Crippen MR) is 117 cm³/mol. The summed E-state index contributed by atoms with van der Waals surface area (Å²) >= 11 is 0. The summed E-state index contributed by atoms with van der Waals surface area (Å²) < 4.78 is 0. The first-order valence-corrected chi connectivity index (χ1v) is 10.3. The molecule has 2 aromatic rings. The molecule has 1 saturated heterocycles. The van der Waals surface area contributed by atoms with Gasteiger partial charge < -0.3 is 10.2 Å². The van der Waals surface area contributed by atoms with Crippen molar-refractivity contribution in [3.63, 3.8) is 0 Å². The van der Waals surface area contributed by atoms with E-state index in [4.69, 9.17) is 0 Å². The fraction of sp³-hybridized carbons (Fsp3) is 0.417. The molecule has 5 heteroatoms. The Morgan fingerprint density at radius 2 is 1.69 bits per heavy atom. The Hall–Kier alpha value is -2.66. The van der Waals surface area contributed by atoms with Gasteiger partial charge in [0.2, 0.25) is 11.8 Å². The second-order valence-electron chi connectivity index (χ2n) is 7.94. The van der Waals surface area contributed by atoms with Crippen LogP contribution in [0.5, 0.6) is 0 Å². The highest BCUT2D eigenvalue weighted by molar-refractivity contribution is 5.93. The first-order chi connectivity index (χ1) is 13.9. The second-order valence-corrected chi connectivity index (χ2v) is 7.94. The number of hydrogen-bond acceptors (Lipinski definition) is 3. The van der Waals surface area contributed by atoms with Gasteiger partial charge in [0.1, 0.15) is 0 Å². The summed E-state index contributed by atoms with van der Waals surface area (Å²) in [6.45, 7) is 9.32. The van der Waals surface area contributed by atoms with E-state index < -0.39 is 0 Å². The summed E-state index contributed by atoms with van der Waals surface area (Å²) in [5.74, 6) is 0.198. The highest BCUT2D eigenvalue weighted by Gasteiger charge is 2.22. The van der Waals surface area contributed by atoms with Crippen LogP contribution in [0.15, 0.2) is 42.5 Å². The van der Waals surface area contributed by atoms with E-state index in [1.165, 1.54) is 16.7 Å². The molecule has 1 aliphatic heterocycles. The molecule has 0 aromatic heterocycles. The maximum atomic E-state index is 12.5. The summed E-state index contributed by atoms with van der Waals surface area (Å²) in [4.78, 5) is 29.0. The van der Waals surface area contributed by atoms with Crippen LogP contribution in [-0.4, -0.2) is 54.3 Å². The largest absolute Gasteiger partial charge is 0.340 e. The van der Waals surface area contributed by atoms with Gasteiger partial charge in [-0.05, 0) is 49.9 Å². The van der Waals surface area contributed by atoms with Crippen LogP contribution in [-0.2, 0) is 16.0 Å². The van der Waals surface area contributed by atoms with Crippen molar-refractivity contribution in [2.45, 2.75) is 33.6 Å². The Morgan fingerprint density at radius 3 is 2.41 bits per heavy atom. The lowest BCUT2D eigenvalue weighted by Gasteiger charge is -2.34. The molecule has 0 radical (unpaired) electrons. The quantitative estimate of drug-likeness (QED) is 0.819. The van der Waals surface area contributed by atoms with Crippen LogP contribution in [0, 0.1) is 20.8 Å². The number of anilines is 1. The fourth-order valence-corrected chi connectivity index (χ4v) is 3.71. The predicted octanol–water partition coefficient (Wildman–Crippen LogP) is 3.33. The maximum absolute atomic E-state index is 12.5. The number of aryl methyl sites for hydroxylation is 3. The average molecular weight is 394 g/mol. The number of carbonyl (C=O) groups excluding carboxylic acids is 2. The van der Waals surface area contributed by atoms with Gasteiger partial charge in [-0.15, -0.1) is 0 Å². The summed E-state index contributed by atoms with van der Waals surface area (Å²) in [7, 11) is 0. The molecule has 2 amide bonds. The van der Waals surface area contributed by atoms with Crippen molar-refractivity contribution in [2.24, 2.45) is 0 Å². The van der Waals surface area contributed by atoms with E-state index in [9.17, 15) is 9.59 Å². The molecule has 1 heterocycles. The standard InChI is InChI=1S/C24H31N3O2/c1-18-6-4-8-21(16-18)10-11-24(29)27-14-12-26(13-15-27)17-23(28)25-22-9-5-7-19(2)20(22)3/h4-9,16H,10-15,17H2,1-3H3,(H,25,28). The molecule has 0 saturated carbocycles. The minimum absolute atomic E-state index is 0.00192. The van der Waals surface area contributed by atoms with Gasteiger partial charge >= 0.3 is 0 Å². The van der Waals surface area contributed by atoms with Crippen molar-refractivity contribution in [1.29, 1.82) is 0 Å². The lowest BCUT2D eigenvalue weighted by Crippen LogP contribution is -2.50. The molecule has 0 unspecified atom stereocenters. The van der Waals surface area contributed by atoms with Gasteiger partial charge in [0.25, 0.3) is 0 Å². The maximum Gasteiger partial charge on any atom is 0.238 e. The smallest absolute Gasteiger partial charge is 0.238 e. The van der Waals surface area contributed by atoms with E-state index in [2.05, 4.69) is 35.3 Å². The zero-order valence-electron chi connectivity index (χ0n) is 17.7. The molecule has 0 bridgehead atoms. The molecule has 0 atom stereocenters. The van der Waals surface area contributed by atoms with E-state index in [1.54, 1.807) is 0 Å². The van der Waals surface area contributed by atoms with Crippen molar-refractivity contribution in [3.8, 4) is 0 Å². The SMILES string of the molecule is Cc1cccc(CCC(=O)N2CCN(CC(=O)Nc3cccc(C)c3C)CC2)c1. The lowest BCUT2D eigenvalue weighted by molar-refractivity contribution is -0.133. The molecule has 29 heavy (non-hydrogen) atoms. The highest BCUT2D eigenvalue weighted by Crippen LogP contribution is 2.18. The molecule has 0 spiro atoms. The van der Waals surface area contributed by atoms with Crippen LogP contribution in [0.3, 0.4) is 0 Å². The molecule has 3 rings (SSSR count). The Morgan fingerprint density at radius 1 is 0.966 bits per heavy atom. The van der Waals surface area contributed by atoms with Gasteiger partial charge in [0, 0.05) is 38.3 Å². The second kappa shape index (κ2) is 9.70. The third-order valence-electron chi connectivity index (χ3n) is 5.68. The number of benzene rings is 2. The topological polar surface area (TPSA) is 52.7 Å². The summed E-state index contributed by atoms with van der Waals surface area (Å²) in [6.07, 6.45) is 1.32. The number of nitrogens with zero attached hydrogens (tertiary/aromatic N) is 2. The molecule has 0 aliphatic carbocycles. The molecule has 2 aromatic carbocycles. The summed E-state index contributed by atoms with van der Waals surface area (Å²) in [5, 5.41) is 3.01. The van der Waals surface area contributed by atoms with Gasteiger partial charge in [0.05, 0.1) is 6.54 Å². The Bertz CT molecular complexity index is 870. The molecule has 1 fully saturated rings. The van der Waals surface area contributed by atoms with E-state index in [0.717, 1.165) is 30.8 Å². The number of hydrogen-bond donors (Lipinski definition) is 1.